The van der Waals surface area contributed by atoms with Crippen LogP contribution < -0.4 is 0 Å². The van der Waals surface area contributed by atoms with Gasteiger partial charge in [0.2, 0.25) is 0 Å². The Hall–Kier alpha value is -0.300. The molecular weight excluding hydrogens is 160 g/mol. The van der Waals surface area contributed by atoms with Gasteiger partial charge in [0.15, 0.2) is 0 Å². The zero-order valence-corrected chi connectivity index (χ0v) is 9.51. The highest BCUT2D eigenvalue weighted by molar-refractivity contribution is 4.77. The zero-order chi connectivity index (χ0) is 10.3. The van der Waals surface area contributed by atoms with Gasteiger partial charge in [0.05, 0.1) is 6.10 Å². The van der Waals surface area contributed by atoms with Crippen LogP contribution in [0, 0.1) is 5.41 Å². The number of unbranched alkanes of at least 4 members (excludes halogenated alkanes) is 2. The molecule has 0 bridgehead atoms. The molecule has 13 heavy (non-hydrogen) atoms. The summed E-state index contributed by atoms with van der Waals surface area (Å²) in [5.41, 5.74) is 0.0423. The van der Waals surface area contributed by atoms with E-state index in [1.54, 1.807) is 0 Å². The summed E-state index contributed by atoms with van der Waals surface area (Å²) < 4.78 is 0. The van der Waals surface area contributed by atoms with Gasteiger partial charge in [-0.1, -0.05) is 39.3 Å². The van der Waals surface area contributed by atoms with Gasteiger partial charge in [-0.05, 0) is 31.6 Å². The normalized spacial score (nSPS) is 15.2. The standard InChI is InChI=1S/C12H24O/c1-5-6-7-8-9-10-11(13)12(2,3)4/h5-6,11,13H,7-10H2,1-4H3. The third-order valence-corrected chi connectivity index (χ3v) is 2.33. The lowest BCUT2D eigenvalue weighted by atomic mass is 9.86. The van der Waals surface area contributed by atoms with Gasteiger partial charge in [-0.2, -0.15) is 0 Å². The second-order valence-corrected chi connectivity index (χ2v) is 4.74. The van der Waals surface area contributed by atoms with E-state index >= 15 is 0 Å². The molecule has 0 heterocycles. The van der Waals surface area contributed by atoms with Gasteiger partial charge >= 0.3 is 0 Å². The minimum atomic E-state index is -0.155. The maximum Gasteiger partial charge on any atom is 0.0588 e. The van der Waals surface area contributed by atoms with Gasteiger partial charge in [-0.25, -0.2) is 0 Å². The van der Waals surface area contributed by atoms with E-state index in [0.29, 0.717) is 0 Å². The maximum atomic E-state index is 9.72. The molecule has 0 aliphatic carbocycles. The minimum Gasteiger partial charge on any atom is -0.393 e. The number of rotatable bonds is 5. The van der Waals surface area contributed by atoms with Crippen molar-refractivity contribution in [2.45, 2.75) is 59.5 Å². The van der Waals surface area contributed by atoms with Crippen LogP contribution in [0.5, 0.6) is 0 Å². The second-order valence-electron chi connectivity index (χ2n) is 4.74. The largest absolute Gasteiger partial charge is 0.393 e. The summed E-state index contributed by atoms with van der Waals surface area (Å²) in [7, 11) is 0. The molecule has 78 valence electrons. The summed E-state index contributed by atoms with van der Waals surface area (Å²) in [6.07, 6.45) is 8.51. The van der Waals surface area contributed by atoms with Crippen molar-refractivity contribution >= 4 is 0 Å². The van der Waals surface area contributed by atoms with Gasteiger partial charge in [-0.15, -0.1) is 0 Å². The predicted octanol–water partition coefficient (Wildman–Crippen LogP) is 3.53. The van der Waals surface area contributed by atoms with Gasteiger partial charge in [0.25, 0.3) is 0 Å². The Morgan fingerprint density at radius 2 is 1.85 bits per heavy atom. The Balaban J connectivity index is 3.43. The summed E-state index contributed by atoms with van der Waals surface area (Å²) in [6.45, 7) is 8.31. The number of hydrogen-bond donors (Lipinski definition) is 1. The van der Waals surface area contributed by atoms with Crippen LogP contribution in [0.3, 0.4) is 0 Å². The second kappa shape index (κ2) is 6.20. The Morgan fingerprint density at radius 1 is 1.23 bits per heavy atom. The molecule has 0 aromatic carbocycles. The van der Waals surface area contributed by atoms with Crippen LogP contribution in [0.25, 0.3) is 0 Å². The van der Waals surface area contributed by atoms with Crippen molar-refractivity contribution in [1.82, 2.24) is 0 Å². The topological polar surface area (TPSA) is 20.2 Å². The van der Waals surface area contributed by atoms with Crippen LogP contribution in [0.4, 0.5) is 0 Å². The summed E-state index contributed by atoms with van der Waals surface area (Å²) in [6, 6.07) is 0. The summed E-state index contributed by atoms with van der Waals surface area (Å²) in [5.74, 6) is 0. The molecule has 0 aromatic rings. The summed E-state index contributed by atoms with van der Waals surface area (Å²) in [4.78, 5) is 0. The van der Waals surface area contributed by atoms with E-state index in [0.717, 1.165) is 19.3 Å². The average molecular weight is 184 g/mol. The molecule has 1 N–H and O–H groups in total. The predicted molar refractivity (Wildman–Crippen MR) is 58.7 cm³/mol. The van der Waals surface area contributed by atoms with Crippen molar-refractivity contribution in [3.8, 4) is 0 Å². The highest BCUT2D eigenvalue weighted by atomic mass is 16.3. The van der Waals surface area contributed by atoms with Crippen LogP contribution in [0.1, 0.15) is 53.4 Å². The third kappa shape index (κ3) is 6.83. The first-order valence-corrected chi connectivity index (χ1v) is 5.27. The number of aliphatic hydroxyl groups is 1. The number of hydrogen-bond acceptors (Lipinski definition) is 1. The molecule has 1 unspecified atom stereocenters. The molecule has 0 radical (unpaired) electrons. The molecule has 1 nitrogen and oxygen atoms in total. The summed E-state index contributed by atoms with van der Waals surface area (Å²) in [5, 5.41) is 9.72. The zero-order valence-electron chi connectivity index (χ0n) is 9.51. The van der Waals surface area contributed by atoms with Crippen molar-refractivity contribution in [3.63, 3.8) is 0 Å². The van der Waals surface area contributed by atoms with E-state index in [4.69, 9.17) is 0 Å². The quantitative estimate of drug-likeness (QED) is 0.512. The van der Waals surface area contributed by atoms with Gasteiger partial charge < -0.3 is 5.11 Å². The highest BCUT2D eigenvalue weighted by Crippen LogP contribution is 2.23. The van der Waals surface area contributed by atoms with E-state index in [-0.39, 0.29) is 11.5 Å². The SMILES string of the molecule is CC=CCCCCC(O)C(C)(C)C. The smallest absolute Gasteiger partial charge is 0.0588 e. The monoisotopic (exact) mass is 184 g/mol. The number of allylic oxidation sites excluding steroid dienone is 2. The van der Waals surface area contributed by atoms with Crippen molar-refractivity contribution in [2.75, 3.05) is 0 Å². The van der Waals surface area contributed by atoms with Crippen LogP contribution in [-0.4, -0.2) is 11.2 Å². The molecule has 0 aliphatic heterocycles. The molecule has 1 heteroatoms. The van der Waals surface area contributed by atoms with Crippen molar-refractivity contribution < 1.29 is 5.11 Å². The third-order valence-electron chi connectivity index (χ3n) is 2.33. The van der Waals surface area contributed by atoms with Crippen molar-refractivity contribution in [2.24, 2.45) is 5.41 Å². The fourth-order valence-electron chi connectivity index (χ4n) is 1.20. The maximum absolute atomic E-state index is 9.72. The molecule has 0 spiro atoms. The first-order chi connectivity index (χ1) is 5.98. The highest BCUT2D eigenvalue weighted by Gasteiger charge is 2.20. The van der Waals surface area contributed by atoms with Gasteiger partial charge in [-0.3, -0.25) is 0 Å². The van der Waals surface area contributed by atoms with Gasteiger partial charge in [0, 0.05) is 0 Å². The molecule has 1 atom stereocenters. The molecule has 0 saturated heterocycles. The average Bonchev–Trinajstić information content (AvgIpc) is 2.02. The van der Waals surface area contributed by atoms with Crippen LogP contribution in [0.2, 0.25) is 0 Å². The van der Waals surface area contributed by atoms with Crippen LogP contribution in [0.15, 0.2) is 12.2 Å². The van der Waals surface area contributed by atoms with Crippen LogP contribution in [-0.2, 0) is 0 Å². The lowest BCUT2D eigenvalue weighted by molar-refractivity contribution is 0.0536. The van der Waals surface area contributed by atoms with E-state index < -0.39 is 0 Å². The lowest BCUT2D eigenvalue weighted by Gasteiger charge is -2.25. The first-order valence-electron chi connectivity index (χ1n) is 5.27. The van der Waals surface area contributed by atoms with Crippen molar-refractivity contribution in [1.29, 1.82) is 0 Å². The molecule has 0 aliphatic rings. The molecule has 0 amide bonds. The first kappa shape index (κ1) is 12.7. The minimum absolute atomic E-state index is 0.0423. The Bertz CT molecular complexity index is 142. The van der Waals surface area contributed by atoms with E-state index in [9.17, 15) is 5.11 Å². The molecule has 0 fully saturated rings. The lowest BCUT2D eigenvalue weighted by Crippen LogP contribution is -2.25. The number of aliphatic hydroxyl groups excluding tert-OH is 1. The fourth-order valence-corrected chi connectivity index (χ4v) is 1.20. The van der Waals surface area contributed by atoms with E-state index in [1.807, 2.05) is 6.92 Å². The Kier molecular flexibility index (Phi) is 6.06. The van der Waals surface area contributed by atoms with Crippen LogP contribution >= 0.6 is 0 Å². The van der Waals surface area contributed by atoms with E-state index in [1.165, 1.54) is 6.42 Å². The Morgan fingerprint density at radius 3 is 2.31 bits per heavy atom. The Labute approximate surface area is 82.9 Å². The molecule has 0 aromatic heterocycles. The fraction of sp³-hybridized carbons (Fsp3) is 0.833. The molecular formula is C12H24O. The van der Waals surface area contributed by atoms with Gasteiger partial charge in [0.1, 0.15) is 0 Å². The molecule has 0 saturated carbocycles. The molecule has 0 rings (SSSR count). The van der Waals surface area contributed by atoms with Crippen molar-refractivity contribution in [3.05, 3.63) is 12.2 Å². The van der Waals surface area contributed by atoms with E-state index in [2.05, 4.69) is 32.9 Å². The summed E-state index contributed by atoms with van der Waals surface area (Å²) >= 11 is 0.